The number of hydrogen-bond acceptors (Lipinski definition) is 6. The number of ether oxygens (including phenoxy) is 2. The first kappa shape index (κ1) is 16.9. The molecule has 0 aromatic carbocycles. The largest absolute Gasteiger partial charge is 0.480 e. The first-order valence-corrected chi connectivity index (χ1v) is 8.25. The van der Waals surface area contributed by atoms with E-state index in [0.29, 0.717) is 37.9 Å². The standard InChI is InChI=1S/C16H24N4O4/c1-16(22)5-7-24-10-11(16)12-4-3-6-20(12)15(21)19-13-8-17-9-14(18-13)23-2/h8-9,11-12,22H,3-7,10H2,1-2H3,(H,18,19,21). The van der Waals surface area contributed by atoms with Crippen molar-refractivity contribution in [1.82, 2.24) is 14.9 Å². The predicted molar refractivity (Wildman–Crippen MR) is 86.9 cm³/mol. The average Bonchev–Trinajstić information content (AvgIpc) is 3.04. The summed E-state index contributed by atoms with van der Waals surface area (Å²) < 4.78 is 10.6. The van der Waals surface area contributed by atoms with Gasteiger partial charge in [0.05, 0.1) is 31.7 Å². The second-order valence-electron chi connectivity index (χ2n) is 6.57. The number of methoxy groups -OCH3 is 1. The molecule has 0 spiro atoms. The highest BCUT2D eigenvalue weighted by molar-refractivity contribution is 5.88. The van der Waals surface area contributed by atoms with Crippen LogP contribution in [0.3, 0.4) is 0 Å². The van der Waals surface area contributed by atoms with Gasteiger partial charge < -0.3 is 19.5 Å². The summed E-state index contributed by atoms with van der Waals surface area (Å²) in [4.78, 5) is 22.6. The Hall–Kier alpha value is -1.93. The molecule has 0 bridgehead atoms. The Labute approximate surface area is 141 Å². The maximum Gasteiger partial charge on any atom is 0.323 e. The SMILES string of the molecule is COc1cncc(NC(=O)N2CCCC2C2COCCC2(C)O)n1. The molecule has 2 aliphatic rings. The quantitative estimate of drug-likeness (QED) is 0.863. The molecule has 8 heteroatoms. The average molecular weight is 336 g/mol. The molecular weight excluding hydrogens is 312 g/mol. The van der Waals surface area contributed by atoms with Crippen molar-refractivity contribution in [2.75, 3.05) is 32.2 Å². The fraction of sp³-hybridized carbons (Fsp3) is 0.688. The van der Waals surface area contributed by atoms with Gasteiger partial charge in [-0.1, -0.05) is 0 Å². The number of likely N-dealkylation sites (tertiary alicyclic amines) is 1. The van der Waals surface area contributed by atoms with E-state index in [2.05, 4.69) is 15.3 Å². The number of nitrogens with one attached hydrogen (secondary N) is 1. The topological polar surface area (TPSA) is 96.8 Å². The van der Waals surface area contributed by atoms with Crippen LogP contribution in [0.25, 0.3) is 0 Å². The summed E-state index contributed by atoms with van der Waals surface area (Å²) in [5, 5.41) is 13.4. The highest BCUT2D eigenvalue weighted by atomic mass is 16.5. The van der Waals surface area contributed by atoms with Gasteiger partial charge in [-0.15, -0.1) is 0 Å². The van der Waals surface area contributed by atoms with Crippen molar-refractivity contribution in [2.45, 2.75) is 37.8 Å². The predicted octanol–water partition coefficient (Wildman–Crippen LogP) is 1.27. The summed E-state index contributed by atoms with van der Waals surface area (Å²) in [5.41, 5.74) is -0.818. The smallest absolute Gasteiger partial charge is 0.323 e. The van der Waals surface area contributed by atoms with Crippen LogP contribution >= 0.6 is 0 Å². The number of aliphatic hydroxyl groups is 1. The molecule has 2 N–H and O–H groups in total. The number of anilines is 1. The lowest BCUT2D eigenvalue weighted by Crippen LogP contribution is -2.54. The van der Waals surface area contributed by atoms with Crippen LogP contribution in [-0.2, 0) is 4.74 Å². The summed E-state index contributed by atoms with van der Waals surface area (Å²) >= 11 is 0. The van der Waals surface area contributed by atoms with Crippen LogP contribution in [0, 0.1) is 5.92 Å². The van der Waals surface area contributed by atoms with Crippen molar-refractivity contribution in [3.05, 3.63) is 12.4 Å². The minimum atomic E-state index is -0.818. The second-order valence-corrected chi connectivity index (χ2v) is 6.57. The Morgan fingerprint density at radius 2 is 2.38 bits per heavy atom. The van der Waals surface area contributed by atoms with Gasteiger partial charge in [-0.3, -0.25) is 10.3 Å². The third-order valence-corrected chi connectivity index (χ3v) is 4.93. The molecule has 1 aromatic heterocycles. The second kappa shape index (κ2) is 6.90. The van der Waals surface area contributed by atoms with Gasteiger partial charge >= 0.3 is 6.03 Å². The van der Waals surface area contributed by atoms with Crippen LogP contribution < -0.4 is 10.1 Å². The van der Waals surface area contributed by atoms with Crippen LogP contribution in [-0.4, -0.2) is 64.5 Å². The fourth-order valence-electron chi connectivity index (χ4n) is 3.53. The van der Waals surface area contributed by atoms with E-state index < -0.39 is 5.60 Å². The van der Waals surface area contributed by atoms with E-state index in [9.17, 15) is 9.90 Å². The Morgan fingerprint density at radius 1 is 1.54 bits per heavy atom. The number of hydrogen-bond donors (Lipinski definition) is 2. The maximum atomic E-state index is 12.7. The van der Waals surface area contributed by atoms with Gasteiger partial charge in [0, 0.05) is 25.1 Å². The minimum absolute atomic E-state index is 0.0427. The molecule has 3 unspecified atom stereocenters. The van der Waals surface area contributed by atoms with E-state index in [1.165, 1.54) is 19.5 Å². The van der Waals surface area contributed by atoms with E-state index >= 15 is 0 Å². The van der Waals surface area contributed by atoms with E-state index in [1.54, 1.807) is 4.90 Å². The van der Waals surface area contributed by atoms with Crippen LogP contribution in [0.1, 0.15) is 26.2 Å². The van der Waals surface area contributed by atoms with Crippen LogP contribution in [0.4, 0.5) is 10.6 Å². The van der Waals surface area contributed by atoms with Crippen molar-refractivity contribution in [1.29, 1.82) is 0 Å². The molecule has 0 radical (unpaired) electrons. The molecule has 2 amide bonds. The minimum Gasteiger partial charge on any atom is -0.480 e. The maximum absolute atomic E-state index is 12.7. The Kier molecular flexibility index (Phi) is 4.86. The van der Waals surface area contributed by atoms with Crippen molar-refractivity contribution in [3.63, 3.8) is 0 Å². The molecule has 2 aliphatic heterocycles. The number of carbonyl (C=O) groups is 1. The van der Waals surface area contributed by atoms with Gasteiger partial charge in [-0.25, -0.2) is 4.79 Å². The highest BCUT2D eigenvalue weighted by Crippen LogP contribution is 2.36. The van der Waals surface area contributed by atoms with E-state index in [4.69, 9.17) is 9.47 Å². The lowest BCUT2D eigenvalue weighted by atomic mass is 9.79. The zero-order valence-electron chi connectivity index (χ0n) is 14.1. The van der Waals surface area contributed by atoms with E-state index in [-0.39, 0.29) is 18.0 Å². The summed E-state index contributed by atoms with van der Waals surface area (Å²) in [7, 11) is 1.50. The number of rotatable bonds is 3. The number of urea groups is 1. The summed E-state index contributed by atoms with van der Waals surface area (Å²) in [5.74, 6) is 0.599. The summed E-state index contributed by atoms with van der Waals surface area (Å²) in [6, 6.07) is -0.278. The van der Waals surface area contributed by atoms with E-state index in [0.717, 1.165) is 12.8 Å². The van der Waals surface area contributed by atoms with Gasteiger partial charge in [-0.05, 0) is 26.2 Å². The summed E-state index contributed by atoms with van der Waals surface area (Å²) in [6.45, 7) is 3.52. The Morgan fingerprint density at radius 3 is 3.12 bits per heavy atom. The molecule has 3 atom stereocenters. The van der Waals surface area contributed by atoms with E-state index in [1.807, 2.05) is 6.92 Å². The molecule has 132 valence electrons. The molecule has 3 heterocycles. The lowest BCUT2D eigenvalue weighted by molar-refractivity contribution is -0.118. The lowest BCUT2D eigenvalue weighted by Gasteiger charge is -2.43. The Bertz CT molecular complexity index is 595. The molecule has 2 saturated heterocycles. The van der Waals surface area contributed by atoms with Crippen molar-refractivity contribution < 1.29 is 19.4 Å². The first-order chi connectivity index (χ1) is 11.5. The number of amides is 2. The number of nitrogens with zero attached hydrogens (tertiary/aromatic N) is 3. The Balaban J connectivity index is 1.71. The normalized spacial score (nSPS) is 30.2. The van der Waals surface area contributed by atoms with Crippen molar-refractivity contribution in [3.8, 4) is 5.88 Å². The molecular formula is C16H24N4O4. The molecule has 8 nitrogen and oxygen atoms in total. The third-order valence-electron chi connectivity index (χ3n) is 4.93. The first-order valence-electron chi connectivity index (χ1n) is 8.25. The number of aromatic nitrogens is 2. The highest BCUT2D eigenvalue weighted by Gasteiger charge is 2.45. The molecule has 1 aromatic rings. The van der Waals surface area contributed by atoms with Crippen LogP contribution in [0.2, 0.25) is 0 Å². The van der Waals surface area contributed by atoms with Crippen LogP contribution in [0.15, 0.2) is 12.4 Å². The van der Waals surface area contributed by atoms with Gasteiger partial charge in [0.15, 0.2) is 5.82 Å². The molecule has 24 heavy (non-hydrogen) atoms. The molecule has 2 fully saturated rings. The fourth-order valence-corrected chi connectivity index (χ4v) is 3.53. The van der Waals surface area contributed by atoms with Gasteiger partial charge in [-0.2, -0.15) is 4.98 Å². The number of carbonyl (C=O) groups excluding carboxylic acids is 1. The van der Waals surface area contributed by atoms with Gasteiger partial charge in [0.1, 0.15) is 0 Å². The molecule has 0 saturated carbocycles. The van der Waals surface area contributed by atoms with Gasteiger partial charge in [0.25, 0.3) is 0 Å². The molecule has 0 aliphatic carbocycles. The molecule has 3 rings (SSSR count). The zero-order valence-corrected chi connectivity index (χ0v) is 14.1. The van der Waals surface area contributed by atoms with Gasteiger partial charge in [0.2, 0.25) is 5.88 Å². The summed E-state index contributed by atoms with van der Waals surface area (Å²) in [6.07, 6.45) is 5.32. The van der Waals surface area contributed by atoms with Crippen molar-refractivity contribution in [2.24, 2.45) is 5.92 Å². The monoisotopic (exact) mass is 336 g/mol. The third kappa shape index (κ3) is 3.44. The van der Waals surface area contributed by atoms with Crippen LogP contribution in [0.5, 0.6) is 5.88 Å². The zero-order chi connectivity index (χ0) is 17.2. The van der Waals surface area contributed by atoms with Crippen molar-refractivity contribution >= 4 is 11.8 Å².